The molecule has 10 heteroatoms. The van der Waals surface area contributed by atoms with Crippen LogP contribution in [0.25, 0.3) is 33.5 Å². The zero-order valence-electron chi connectivity index (χ0n) is 27.1. The fourth-order valence-corrected chi connectivity index (χ4v) is 6.36. The molecular formula is C38H38Cl2FN3O4. The molecule has 1 saturated carbocycles. The number of aromatic carboxylic acids is 1. The van der Waals surface area contributed by atoms with Crippen LogP contribution in [0.1, 0.15) is 85.2 Å². The van der Waals surface area contributed by atoms with E-state index in [2.05, 4.69) is 9.88 Å². The summed E-state index contributed by atoms with van der Waals surface area (Å²) in [7, 11) is 0. The second-order valence-electron chi connectivity index (χ2n) is 13.1. The van der Waals surface area contributed by atoms with E-state index in [-0.39, 0.29) is 36.5 Å². The van der Waals surface area contributed by atoms with Crippen LogP contribution in [0.15, 0.2) is 78.9 Å². The molecule has 1 fully saturated rings. The van der Waals surface area contributed by atoms with Gasteiger partial charge in [0.15, 0.2) is 0 Å². The molecule has 0 spiro atoms. The summed E-state index contributed by atoms with van der Waals surface area (Å²) in [6, 6.07) is 22.6. The molecule has 0 saturated heterocycles. The smallest absolute Gasteiger partial charge is 0.335 e. The van der Waals surface area contributed by atoms with Gasteiger partial charge in [-0.3, -0.25) is 4.79 Å². The van der Waals surface area contributed by atoms with Crippen LogP contribution in [0.4, 0.5) is 4.39 Å². The third-order valence-corrected chi connectivity index (χ3v) is 8.72. The number of amides is 1. The molecule has 1 heterocycles. The van der Waals surface area contributed by atoms with Gasteiger partial charge < -0.3 is 19.7 Å². The van der Waals surface area contributed by atoms with Crippen molar-refractivity contribution >= 4 is 46.9 Å². The summed E-state index contributed by atoms with van der Waals surface area (Å²) >= 11 is 6.13. The van der Waals surface area contributed by atoms with Crippen molar-refractivity contribution in [3.05, 3.63) is 106 Å². The average Bonchev–Trinajstić information content (AvgIpc) is 3.42. The Bertz CT molecular complexity index is 1960. The number of carboxylic acid groups (broad SMARTS) is 1. The van der Waals surface area contributed by atoms with E-state index in [1.807, 2.05) is 39.0 Å². The molecule has 1 aliphatic rings. The van der Waals surface area contributed by atoms with Gasteiger partial charge in [-0.15, -0.1) is 12.4 Å². The van der Waals surface area contributed by atoms with Crippen molar-refractivity contribution in [2.24, 2.45) is 0 Å². The van der Waals surface area contributed by atoms with Gasteiger partial charge in [0.05, 0.1) is 22.2 Å². The number of nitrogens with zero attached hydrogens (tertiary/aromatic N) is 2. The summed E-state index contributed by atoms with van der Waals surface area (Å²) in [6.07, 6.45) is 5.20. The normalized spacial score (nSPS) is 13.6. The van der Waals surface area contributed by atoms with E-state index in [0.717, 1.165) is 54.3 Å². The number of halogens is 3. The highest BCUT2D eigenvalue weighted by molar-refractivity contribution is 6.30. The maximum Gasteiger partial charge on any atom is 0.335 e. The highest BCUT2D eigenvalue weighted by Gasteiger charge is 2.25. The van der Waals surface area contributed by atoms with E-state index < -0.39 is 17.3 Å². The molecule has 0 bridgehead atoms. The van der Waals surface area contributed by atoms with E-state index in [4.69, 9.17) is 21.3 Å². The highest BCUT2D eigenvalue weighted by atomic mass is 35.5. The van der Waals surface area contributed by atoms with Gasteiger partial charge in [0.1, 0.15) is 24.0 Å². The number of hydrogen-bond donors (Lipinski definition) is 2. The summed E-state index contributed by atoms with van der Waals surface area (Å²) in [5.41, 5.74) is 4.39. The van der Waals surface area contributed by atoms with Crippen molar-refractivity contribution in [3.63, 3.8) is 0 Å². The number of nitrogens with one attached hydrogen (secondary N) is 1. The number of carbonyl (C=O) groups is 2. The second-order valence-corrected chi connectivity index (χ2v) is 13.6. The van der Waals surface area contributed by atoms with Crippen molar-refractivity contribution in [2.75, 3.05) is 0 Å². The maximum atomic E-state index is 16.0. The molecule has 48 heavy (non-hydrogen) atoms. The molecule has 0 aliphatic heterocycles. The van der Waals surface area contributed by atoms with Crippen LogP contribution in [0.5, 0.6) is 5.75 Å². The molecule has 6 rings (SSSR count). The molecule has 2 N–H and O–H groups in total. The number of carboxylic acids is 1. The summed E-state index contributed by atoms with van der Waals surface area (Å²) in [5.74, 6) is -0.932. The number of ether oxygens (including phenoxy) is 1. The Morgan fingerprint density at radius 1 is 0.938 bits per heavy atom. The van der Waals surface area contributed by atoms with E-state index in [9.17, 15) is 14.7 Å². The van der Waals surface area contributed by atoms with E-state index in [1.165, 1.54) is 6.07 Å². The summed E-state index contributed by atoms with van der Waals surface area (Å²) < 4.78 is 24.2. The van der Waals surface area contributed by atoms with Crippen LogP contribution in [0, 0.1) is 5.82 Å². The molecule has 0 atom stereocenters. The number of aromatic nitrogens is 2. The van der Waals surface area contributed by atoms with Crippen molar-refractivity contribution < 1.29 is 23.8 Å². The molecule has 1 aromatic heterocycles. The summed E-state index contributed by atoms with van der Waals surface area (Å²) in [5, 5.41) is 13.1. The molecule has 250 valence electrons. The predicted molar refractivity (Wildman–Crippen MR) is 190 cm³/mol. The Hall–Kier alpha value is -4.40. The minimum atomic E-state index is -1.03. The third kappa shape index (κ3) is 7.66. The van der Waals surface area contributed by atoms with Crippen LogP contribution < -0.4 is 10.1 Å². The number of rotatable bonds is 8. The minimum absolute atomic E-state index is 0. The first-order chi connectivity index (χ1) is 22.5. The molecular weight excluding hydrogens is 652 g/mol. The maximum absolute atomic E-state index is 16.0. The van der Waals surface area contributed by atoms with Crippen LogP contribution in [0.3, 0.4) is 0 Å². The molecule has 0 radical (unpaired) electrons. The fraction of sp³-hybridized carbons (Fsp3) is 0.289. The summed E-state index contributed by atoms with van der Waals surface area (Å²) in [4.78, 5) is 29.4. The van der Waals surface area contributed by atoms with Crippen LogP contribution >= 0.6 is 24.0 Å². The number of imidazole rings is 1. The van der Waals surface area contributed by atoms with Gasteiger partial charge in [0, 0.05) is 28.2 Å². The zero-order chi connectivity index (χ0) is 33.3. The summed E-state index contributed by atoms with van der Waals surface area (Å²) in [6.45, 7) is 5.86. The van der Waals surface area contributed by atoms with E-state index in [0.29, 0.717) is 33.2 Å². The number of hydrogen-bond acceptors (Lipinski definition) is 4. The SMILES string of the molecule is CC(C)(C)NC(=O)c1ccc(-c2ccc(Cl)cc2)c(COc2ccc(-c3nc4cc(C(=O)O)ccc4n3C3CCCCC3)c(F)c2)c1.Cl. The van der Waals surface area contributed by atoms with Crippen molar-refractivity contribution in [1.82, 2.24) is 14.9 Å². The minimum Gasteiger partial charge on any atom is -0.489 e. The van der Waals surface area contributed by atoms with Crippen LogP contribution in [0.2, 0.25) is 5.02 Å². The largest absolute Gasteiger partial charge is 0.489 e. The number of carbonyl (C=O) groups excluding carboxylic acids is 1. The first-order valence-electron chi connectivity index (χ1n) is 15.9. The lowest BCUT2D eigenvalue weighted by Crippen LogP contribution is -2.40. The highest BCUT2D eigenvalue weighted by Crippen LogP contribution is 2.38. The topological polar surface area (TPSA) is 93.4 Å². The first kappa shape index (κ1) is 34.9. The Balaban J connectivity index is 0.00000451. The quantitative estimate of drug-likeness (QED) is 0.169. The molecule has 0 unspecified atom stereocenters. The van der Waals surface area contributed by atoms with Crippen molar-refractivity contribution in [2.45, 2.75) is 71.1 Å². The van der Waals surface area contributed by atoms with Gasteiger partial charge in [-0.2, -0.15) is 0 Å². The van der Waals surface area contributed by atoms with Crippen molar-refractivity contribution in [3.8, 4) is 28.3 Å². The van der Waals surface area contributed by atoms with Gasteiger partial charge in [-0.1, -0.05) is 49.1 Å². The molecule has 1 aliphatic carbocycles. The molecule has 5 aromatic rings. The van der Waals surface area contributed by atoms with Gasteiger partial charge in [0.25, 0.3) is 5.91 Å². The first-order valence-corrected chi connectivity index (χ1v) is 16.2. The van der Waals surface area contributed by atoms with Gasteiger partial charge in [0.2, 0.25) is 0 Å². The molecule has 4 aromatic carbocycles. The van der Waals surface area contributed by atoms with Gasteiger partial charge in [-0.25, -0.2) is 14.2 Å². The average molecular weight is 691 g/mol. The van der Waals surface area contributed by atoms with Gasteiger partial charge in [-0.05, 0) is 105 Å². The number of fused-ring (bicyclic) bond motifs is 1. The zero-order valence-corrected chi connectivity index (χ0v) is 28.6. The Kier molecular flexibility index (Phi) is 10.5. The Labute approximate surface area is 290 Å². The lowest BCUT2D eigenvalue weighted by atomic mass is 9.94. The predicted octanol–water partition coefficient (Wildman–Crippen LogP) is 9.90. The van der Waals surface area contributed by atoms with Crippen LogP contribution in [-0.2, 0) is 6.61 Å². The lowest BCUT2D eigenvalue weighted by molar-refractivity contribution is 0.0696. The lowest BCUT2D eigenvalue weighted by Gasteiger charge is -2.25. The third-order valence-electron chi connectivity index (χ3n) is 8.46. The molecule has 1 amide bonds. The second kappa shape index (κ2) is 14.4. The fourth-order valence-electron chi connectivity index (χ4n) is 6.24. The monoisotopic (exact) mass is 689 g/mol. The van der Waals surface area contributed by atoms with E-state index in [1.54, 1.807) is 54.6 Å². The van der Waals surface area contributed by atoms with Crippen LogP contribution in [-0.4, -0.2) is 32.1 Å². The Morgan fingerprint density at radius 3 is 2.29 bits per heavy atom. The standard InChI is InChI=1S/C38H37ClFN3O4.ClH/c1-38(2,3)42-36(44)24-11-16-30(23-9-13-27(39)14-10-23)26(19-24)22-47-29-15-17-31(32(40)21-29)35-41-33-20-25(37(45)46)12-18-34(33)43(35)28-7-5-4-6-8-28;/h9-21,28H,4-8,22H2,1-3H3,(H,42,44)(H,45,46);1H. The van der Waals surface area contributed by atoms with Crippen molar-refractivity contribution in [1.29, 1.82) is 0 Å². The number of benzene rings is 4. The molecule has 7 nitrogen and oxygen atoms in total. The van der Waals surface area contributed by atoms with Gasteiger partial charge >= 0.3 is 5.97 Å². The Morgan fingerprint density at radius 2 is 1.62 bits per heavy atom. The van der Waals surface area contributed by atoms with E-state index >= 15 is 4.39 Å².